The van der Waals surface area contributed by atoms with E-state index >= 15 is 0 Å². The number of aromatic nitrogens is 1. The van der Waals surface area contributed by atoms with Crippen LogP contribution in [0, 0.1) is 0 Å². The maximum absolute atomic E-state index is 12.9. The number of nitrogens with zero attached hydrogens (tertiary/aromatic N) is 2. The SMILES string of the molecule is CCOC(=O)c1cc(C(C)C)sc1NC(=O)NCc1c(-n2cccc2)sc2c1CCN(CC)C2. The molecule has 182 valence electrons. The number of nitrogens with one attached hydrogen (secondary N) is 2. The van der Waals surface area contributed by atoms with E-state index in [2.05, 4.69) is 40.9 Å². The molecule has 2 amide bonds. The van der Waals surface area contributed by atoms with Crippen LogP contribution in [-0.4, -0.2) is 41.2 Å². The third kappa shape index (κ3) is 5.21. The predicted octanol–water partition coefficient (Wildman–Crippen LogP) is 5.60. The van der Waals surface area contributed by atoms with Crippen LogP contribution in [0.15, 0.2) is 30.6 Å². The van der Waals surface area contributed by atoms with Crippen LogP contribution in [0.25, 0.3) is 5.00 Å². The lowest BCUT2D eigenvalue weighted by atomic mass is 10.0. The second-order valence-electron chi connectivity index (χ2n) is 8.57. The first-order valence-corrected chi connectivity index (χ1v) is 13.4. The number of hydrogen-bond donors (Lipinski definition) is 2. The molecular weight excluding hydrogens is 468 g/mol. The van der Waals surface area contributed by atoms with E-state index < -0.39 is 5.97 Å². The van der Waals surface area contributed by atoms with Gasteiger partial charge in [0.1, 0.15) is 10.0 Å². The first-order valence-electron chi connectivity index (χ1n) is 11.8. The number of amides is 2. The van der Waals surface area contributed by atoms with Crippen molar-refractivity contribution in [3.63, 3.8) is 0 Å². The Labute approximate surface area is 208 Å². The van der Waals surface area contributed by atoms with Crippen LogP contribution in [0.2, 0.25) is 0 Å². The van der Waals surface area contributed by atoms with E-state index in [1.807, 2.05) is 30.6 Å². The monoisotopic (exact) mass is 500 g/mol. The van der Waals surface area contributed by atoms with Gasteiger partial charge in [0.2, 0.25) is 0 Å². The molecule has 9 heteroatoms. The standard InChI is InChI=1S/C25H32N4O3S2/c1-5-28-12-9-17-19(23(34-21(17)15-28)29-10-7-8-11-29)14-26-25(31)27-22-18(24(30)32-6-2)13-20(33-22)16(3)4/h7-8,10-11,13,16H,5-6,9,12,14-15H2,1-4H3,(H2,26,27,31). The molecule has 0 radical (unpaired) electrons. The van der Waals surface area contributed by atoms with Gasteiger partial charge in [0.15, 0.2) is 0 Å². The lowest BCUT2D eigenvalue weighted by molar-refractivity contribution is 0.0528. The molecular formula is C25H32N4O3S2. The van der Waals surface area contributed by atoms with Gasteiger partial charge in [0, 0.05) is 47.3 Å². The molecule has 0 aromatic carbocycles. The first kappa shape index (κ1) is 24.5. The molecule has 0 spiro atoms. The van der Waals surface area contributed by atoms with Crippen molar-refractivity contribution in [3.8, 4) is 5.00 Å². The molecule has 0 unspecified atom stereocenters. The molecule has 2 N–H and O–H groups in total. The fraction of sp³-hybridized carbons (Fsp3) is 0.440. The van der Waals surface area contributed by atoms with Crippen molar-refractivity contribution in [1.29, 1.82) is 0 Å². The van der Waals surface area contributed by atoms with Gasteiger partial charge in [-0.25, -0.2) is 9.59 Å². The number of thiophene rings is 2. The fourth-order valence-corrected chi connectivity index (χ4v) is 6.52. The van der Waals surface area contributed by atoms with Crippen LogP contribution in [0.4, 0.5) is 9.80 Å². The zero-order chi connectivity index (χ0) is 24.2. The van der Waals surface area contributed by atoms with Crippen LogP contribution in [-0.2, 0) is 24.2 Å². The number of hydrogen-bond acceptors (Lipinski definition) is 6. The summed E-state index contributed by atoms with van der Waals surface area (Å²) in [6.07, 6.45) is 5.07. The van der Waals surface area contributed by atoms with Crippen molar-refractivity contribution in [3.05, 3.63) is 57.0 Å². The number of urea groups is 1. The quantitative estimate of drug-likeness (QED) is 0.395. The normalized spacial score (nSPS) is 13.7. The summed E-state index contributed by atoms with van der Waals surface area (Å²) in [6, 6.07) is 5.52. The van der Waals surface area contributed by atoms with Gasteiger partial charge in [0.25, 0.3) is 0 Å². The van der Waals surface area contributed by atoms with E-state index in [1.54, 1.807) is 18.3 Å². The van der Waals surface area contributed by atoms with E-state index in [-0.39, 0.29) is 18.6 Å². The van der Waals surface area contributed by atoms with E-state index in [0.29, 0.717) is 17.1 Å². The van der Waals surface area contributed by atoms with Gasteiger partial charge in [-0.2, -0.15) is 0 Å². The highest BCUT2D eigenvalue weighted by Crippen LogP contribution is 2.36. The summed E-state index contributed by atoms with van der Waals surface area (Å²) in [5, 5.41) is 7.60. The molecule has 3 aromatic rings. The van der Waals surface area contributed by atoms with Gasteiger partial charge in [-0.1, -0.05) is 20.8 Å². The van der Waals surface area contributed by atoms with Crippen molar-refractivity contribution in [2.24, 2.45) is 0 Å². The summed E-state index contributed by atoms with van der Waals surface area (Å²) in [6.45, 7) is 11.8. The van der Waals surface area contributed by atoms with Crippen LogP contribution in [0.5, 0.6) is 0 Å². The average Bonchev–Trinajstić information content (AvgIpc) is 3.55. The molecule has 1 aliphatic heterocycles. The zero-order valence-electron chi connectivity index (χ0n) is 20.1. The Morgan fingerprint density at radius 3 is 2.62 bits per heavy atom. The summed E-state index contributed by atoms with van der Waals surface area (Å²) in [5.74, 6) is -0.163. The number of ether oxygens (including phenoxy) is 1. The third-order valence-corrected chi connectivity index (χ3v) is 8.60. The number of carbonyl (C=O) groups excluding carboxylic acids is 2. The Balaban J connectivity index is 1.53. The largest absolute Gasteiger partial charge is 0.462 e. The molecule has 4 rings (SSSR count). The molecule has 7 nitrogen and oxygen atoms in total. The number of carbonyl (C=O) groups is 2. The maximum Gasteiger partial charge on any atom is 0.341 e. The Morgan fingerprint density at radius 2 is 1.94 bits per heavy atom. The average molecular weight is 501 g/mol. The second kappa shape index (κ2) is 10.8. The zero-order valence-corrected chi connectivity index (χ0v) is 21.8. The molecule has 4 heterocycles. The fourth-order valence-electron chi connectivity index (χ4n) is 4.10. The maximum atomic E-state index is 12.9. The molecule has 34 heavy (non-hydrogen) atoms. The lowest BCUT2D eigenvalue weighted by Crippen LogP contribution is -2.31. The van der Waals surface area contributed by atoms with Crippen LogP contribution >= 0.6 is 22.7 Å². The van der Waals surface area contributed by atoms with E-state index in [1.165, 1.54) is 27.3 Å². The summed E-state index contributed by atoms with van der Waals surface area (Å²) in [7, 11) is 0. The number of likely N-dealkylation sites (N-methyl/N-ethyl adjacent to an activating group) is 1. The summed E-state index contributed by atoms with van der Waals surface area (Å²) in [5.41, 5.74) is 2.93. The molecule has 3 aromatic heterocycles. The summed E-state index contributed by atoms with van der Waals surface area (Å²) < 4.78 is 7.32. The number of anilines is 1. The minimum absolute atomic E-state index is 0.251. The van der Waals surface area contributed by atoms with Gasteiger partial charge < -0.3 is 14.6 Å². The van der Waals surface area contributed by atoms with Gasteiger partial charge in [-0.15, -0.1) is 22.7 Å². The molecule has 0 aliphatic carbocycles. The van der Waals surface area contributed by atoms with Gasteiger partial charge >= 0.3 is 12.0 Å². The highest BCUT2D eigenvalue weighted by atomic mass is 32.1. The smallest absolute Gasteiger partial charge is 0.341 e. The molecule has 0 saturated heterocycles. The topological polar surface area (TPSA) is 75.6 Å². The van der Waals surface area contributed by atoms with Crippen LogP contribution < -0.4 is 10.6 Å². The van der Waals surface area contributed by atoms with Crippen LogP contribution in [0.1, 0.15) is 64.9 Å². The van der Waals surface area contributed by atoms with Gasteiger partial charge in [-0.3, -0.25) is 10.2 Å². The van der Waals surface area contributed by atoms with Crippen molar-refractivity contribution >= 4 is 39.7 Å². The lowest BCUT2D eigenvalue weighted by Gasteiger charge is -2.25. The molecule has 0 bridgehead atoms. The Kier molecular flexibility index (Phi) is 7.75. The molecule has 0 fully saturated rings. The molecule has 0 atom stereocenters. The summed E-state index contributed by atoms with van der Waals surface area (Å²) >= 11 is 3.22. The van der Waals surface area contributed by atoms with Crippen molar-refractivity contribution < 1.29 is 14.3 Å². The number of rotatable bonds is 8. The van der Waals surface area contributed by atoms with Gasteiger partial charge in [0.05, 0.1) is 12.2 Å². The Hall–Kier alpha value is -2.62. The molecule has 0 saturated carbocycles. The minimum Gasteiger partial charge on any atom is -0.462 e. The summed E-state index contributed by atoms with van der Waals surface area (Å²) in [4.78, 5) is 30.2. The number of esters is 1. The van der Waals surface area contributed by atoms with E-state index in [9.17, 15) is 9.59 Å². The highest BCUT2D eigenvalue weighted by Gasteiger charge is 2.25. The third-order valence-electron chi connectivity index (χ3n) is 5.98. The van der Waals surface area contributed by atoms with Crippen LogP contribution in [0.3, 0.4) is 0 Å². The Bertz CT molecular complexity index is 1150. The number of fused-ring (bicyclic) bond motifs is 1. The van der Waals surface area contributed by atoms with Crippen molar-refractivity contribution in [2.45, 2.75) is 53.1 Å². The van der Waals surface area contributed by atoms with E-state index in [4.69, 9.17) is 4.74 Å². The van der Waals surface area contributed by atoms with E-state index in [0.717, 1.165) is 35.9 Å². The van der Waals surface area contributed by atoms with Gasteiger partial charge in [-0.05, 0) is 49.6 Å². The van der Waals surface area contributed by atoms with Crippen molar-refractivity contribution in [1.82, 2.24) is 14.8 Å². The molecule has 1 aliphatic rings. The Morgan fingerprint density at radius 1 is 1.18 bits per heavy atom. The van der Waals surface area contributed by atoms with Crippen molar-refractivity contribution in [2.75, 3.05) is 25.0 Å². The second-order valence-corrected chi connectivity index (χ2v) is 10.7. The highest BCUT2D eigenvalue weighted by molar-refractivity contribution is 7.16. The minimum atomic E-state index is -0.414. The predicted molar refractivity (Wildman–Crippen MR) is 139 cm³/mol. The first-order chi connectivity index (χ1) is 16.4.